The molecule has 0 spiro atoms. The van der Waals surface area contributed by atoms with Gasteiger partial charge in [-0.3, -0.25) is 9.89 Å². The van der Waals surface area contributed by atoms with Crippen LogP contribution in [0.15, 0.2) is 45.8 Å². The smallest absolute Gasteiger partial charge is 0.228 e. The molecule has 4 heterocycles. The van der Waals surface area contributed by atoms with E-state index in [1.54, 1.807) is 6.08 Å². The Morgan fingerprint density at radius 3 is 2.72 bits per heavy atom. The molecule has 0 radical (unpaired) electrons. The van der Waals surface area contributed by atoms with E-state index < -0.39 is 18.0 Å². The van der Waals surface area contributed by atoms with Crippen molar-refractivity contribution in [3.8, 4) is 0 Å². The molecule has 1 N–H and O–H groups in total. The molecule has 234 valence electrons. The molecule has 0 saturated carbocycles. The highest BCUT2D eigenvalue weighted by Gasteiger charge is 2.38. The fourth-order valence-electron chi connectivity index (χ4n) is 6.48. The number of nitrogens with one attached hydrogen (secondary N) is 1. The Labute approximate surface area is 254 Å². The summed E-state index contributed by atoms with van der Waals surface area (Å²) >= 11 is 0. The first kappa shape index (κ1) is 31.4. The molecule has 0 amide bonds. The molecule has 0 bridgehead atoms. The first-order chi connectivity index (χ1) is 20.3. The van der Waals surface area contributed by atoms with Crippen LogP contribution in [0, 0.1) is 11.7 Å². The standard InChI is InChI=1S/C32H46F2N8O/c1-19(2)42-22(5)37-30-25(33)12-23(13-27(30)42)29-26(34)16-36-31(39-29)38-28-11-20(3)24(15-35-28)17-41-9-10-43-32(6,18-41)14-21(4)40(7)8/h12-13,15-16,19-21,25,30H,9-11,14,17-18H2,1-8H3,(H,35,36,38,39)/t20?,21-,25?,30?,32-/m0/s1. The lowest BCUT2D eigenvalue weighted by Crippen LogP contribution is -2.53. The zero-order chi connectivity index (χ0) is 31.1. The second kappa shape index (κ2) is 12.5. The molecule has 3 unspecified atom stereocenters. The van der Waals surface area contributed by atoms with E-state index in [-0.39, 0.29) is 29.2 Å². The molecule has 43 heavy (non-hydrogen) atoms. The van der Waals surface area contributed by atoms with Crippen LogP contribution in [0.4, 0.5) is 14.7 Å². The van der Waals surface area contributed by atoms with Crippen LogP contribution in [-0.2, 0) is 4.74 Å². The molecule has 1 aromatic heterocycles. The Bertz CT molecular complexity index is 1370. The minimum Gasteiger partial charge on any atom is -0.373 e. The summed E-state index contributed by atoms with van der Waals surface area (Å²) in [4.78, 5) is 24.5. The summed E-state index contributed by atoms with van der Waals surface area (Å²) in [5.74, 6) is 1.36. The molecule has 9 nitrogen and oxygen atoms in total. The summed E-state index contributed by atoms with van der Waals surface area (Å²) in [5, 5.41) is 3.18. The average molecular weight is 597 g/mol. The largest absolute Gasteiger partial charge is 0.373 e. The predicted molar refractivity (Wildman–Crippen MR) is 168 cm³/mol. The van der Waals surface area contributed by atoms with E-state index in [0.29, 0.717) is 23.9 Å². The number of ether oxygens (including phenoxy) is 1. The van der Waals surface area contributed by atoms with Gasteiger partial charge in [0, 0.05) is 55.6 Å². The van der Waals surface area contributed by atoms with E-state index >= 15 is 4.39 Å². The average Bonchev–Trinajstić information content (AvgIpc) is 3.27. The number of nitrogens with zero attached hydrogens (tertiary/aromatic N) is 7. The number of aliphatic imine (C=N–C) groups is 2. The van der Waals surface area contributed by atoms with E-state index in [0.717, 1.165) is 50.4 Å². The predicted octanol–water partition coefficient (Wildman–Crippen LogP) is 4.91. The topological polar surface area (TPSA) is 81.5 Å². The van der Waals surface area contributed by atoms with Gasteiger partial charge in [-0.25, -0.2) is 23.7 Å². The summed E-state index contributed by atoms with van der Waals surface area (Å²) in [5.41, 5.74) is 2.25. The zero-order valence-corrected chi connectivity index (χ0v) is 26.7. The van der Waals surface area contributed by atoms with E-state index in [9.17, 15) is 4.39 Å². The molecule has 5 rings (SSSR count). The lowest BCUT2D eigenvalue weighted by Gasteiger charge is -2.43. The minimum atomic E-state index is -1.37. The number of allylic oxidation sites excluding steroid dienone is 2. The van der Waals surface area contributed by atoms with Gasteiger partial charge in [-0.2, -0.15) is 0 Å². The maximum absolute atomic E-state index is 15.2. The Morgan fingerprint density at radius 2 is 2.02 bits per heavy atom. The van der Waals surface area contributed by atoms with Crippen LogP contribution in [0.25, 0.3) is 5.57 Å². The van der Waals surface area contributed by atoms with Crippen LogP contribution in [0.2, 0.25) is 0 Å². The third-order valence-electron chi connectivity index (χ3n) is 8.94. The Morgan fingerprint density at radius 1 is 1.26 bits per heavy atom. The van der Waals surface area contributed by atoms with Gasteiger partial charge in [0.25, 0.3) is 0 Å². The maximum Gasteiger partial charge on any atom is 0.228 e. The first-order valence-electron chi connectivity index (χ1n) is 15.3. The van der Waals surface area contributed by atoms with Crippen molar-refractivity contribution in [2.45, 2.75) is 84.3 Å². The Kier molecular flexibility index (Phi) is 9.15. The van der Waals surface area contributed by atoms with E-state index in [4.69, 9.17) is 4.74 Å². The number of alkyl halides is 1. The minimum absolute atomic E-state index is 0.0546. The SMILES string of the molecule is CC1=NC2C(=CC(c3nc(NC4=NC=C(CN5CCO[C@@](C)(C[C@H](C)N(C)C)C5)C(C)C4)ncc3F)=CC2F)N1C(C)C. The Hall–Kier alpha value is -3.02. The third kappa shape index (κ3) is 6.89. The molecule has 3 aliphatic heterocycles. The molecular weight excluding hydrogens is 550 g/mol. The van der Waals surface area contributed by atoms with Gasteiger partial charge in [0.1, 0.15) is 29.6 Å². The zero-order valence-electron chi connectivity index (χ0n) is 26.7. The molecule has 5 atom stereocenters. The second-order valence-electron chi connectivity index (χ2n) is 13.1. The van der Waals surface area contributed by atoms with E-state index in [1.165, 1.54) is 11.6 Å². The van der Waals surface area contributed by atoms with Crippen LogP contribution in [-0.4, -0.2) is 107 Å². The highest BCUT2D eigenvalue weighted by molar-refractivity contribution is 5.95. The van der Waals surface area contributed by atoms with Crippen molar-refractivity contribution in [2.75, 3.05) is 45.7 Å². The van der Waals surface area contributed by atoms with Crippen molar-refractivity contribution in [2.24, 2.45) is 15.9 Å². The van der Waals surface area contributed by atoms with Crippen molar-refractivity contribution >= 4 is 23.2 Å². The first-order valence-corrected chi connectivity index (χ1v) is 15.3. The molecule has 1 aromatic rings. The maximum atomic E-state index is 15.2. The van der Waals surface area contributed by atoms with Crippen LogP contribution in [0.3, 0.4) is 0 Å². The number of fused-ring (bicyclic) bond motifs is 1. The Balaban J connectivity index is 1.28. The lowest BCUT2D eigenvalue weighted by molar-refractivity contribution is -0.107. The highest BCUT2D eigenvalue weighted by Crippen LogP contribution is 2.36. The lowest BCUT2D eigenvalue weighted by atomic mass is 9.92. The van der Waals surface area contributed by atoms with E-state index in [1.807, 2.05) is 31.9 Å². The quantitative estimate of drug-likeness (QED) is 0.457. The molecule has 1 saturated heterocycles. The van der Waals surface area contributed by atoms with Crippen molar-refractivity contribution in [3.63, 3.8) is 0 Å². The van der Waals surface area contributed by atoms with Crippen molar-refractivity contribution in [1.29, 1.82) is 0 Å². The summed E-state index contributed by atoms with van der Waals surface area (Å²) in [6.07, 6.45) is 6.54. The number of rotatable bonds is 8. The van der Waals surface area contributed by atoms with Crippen LogP contribution >= 0.6 is 0 Å². The van der Waals surface area contributed by atoms with Gasteiger partial charge < -0.3 is 19.9 Å². The summed E-state index contributed by atoms with van der Waals surface area (Å²) < 4.78 is 36.4. The van der Waals surface area contributed by atoms with Gasteiger partial charge >= 0.3 is 0 Å². The van der Waals surface area contributed by atoms with Crippen molar-refractivity contribution in [1.82, 2.24) is 24.7 Å². The van der Waals surface area contributed by atoms with Crippen LogP contribution < -0.4 is 5.32 Å². The fourth-order valence-corrected chi connectivity index (χ4v) is 6.48. The fraction of sp³-hybridized carbons (Fsp3) is 0.625. The van der Waals surface area contributed by atoms with Gasteiger partial charge in [-0.05, 0) is 78.8 Å². The second-order valence-corrected chi connectivity index (χ2v) is 13.1. The highest BCUT2D eigenvalue weighted by atomic mass is 19.1. The summed E-state index contributed by atoms with van der Waals surface area (Å²) in [6, 6.07) is -0.0782. The number of halogens is 2. The monoisotopic (exact) mass is 596 g/mol. The number of amidine groups is 2. The molecular formula is C32H46F2N8O. The molecule has 1 aliphatic carbocycles. The van der Waals surface area contributed by atoms with Crippen LogP contribution in [0.1, 0.15) is 60.1 Å². The molecule has 0 aromatic carbocycles. The number of hydrogen-bond acceptors (Lipinski definition) is 9. The van der Waals surface area contributed by atoms with Crippen molar-refractivity contribution < 1.29 is 13.5 Å². The van der Waals surface area contributed by atoms with Gasteiger partial charge in [-0.15, -0.1) is 0 Å². The van der Waals surface area contributed by atoms with Gasteiger partial charge in [0.2, 0.25) is 5.95 Å². The van der Waals surface area contributed by atoms with Gasteiger partial charge in [-0.1, -0.05) is 6.92 Å². The summed E-state index contributed by atoms with van der Waals surface area (Å²) in [7, 11) is 4.21. The number of anilines is 1. The van der Waals surface area contributed by atoms with E-state index in [2.05, 4.69) is 69.9 Å². The third-order valence-corrected chi connectivity index (χ3v) is 8.94. The van der Waals surface area contributed by atoms with Gasteiger partial charge in [0.15, 0.2) is 5.82 Å². The molecule has 4 aliphatic rings. The summed E-state index contributed by atoms with van der Waals surface area (Å²) in [6.45, 7) is 15.9. The normalized spacial score (nSPS) is 28.7. The number of aromatic nitrogens is 2. The number of morpholine rings is 1. The number of hydrogen-bond donors (Lipinski definition) is 1. The van der Waals surface area contributed by atoms with Crippen LogP contribution in [0.5, 0.6) is 0 Å². The van der Waals surface area contributed by atoms with Crippen molar-refractivity contribution in [3.05, 3.63) is 47.3 Å². The molecule has 1 fully saturated rings. The van der Waals surface area contributed by atoms with Gasteiger partial charge in [0.05, 0.1) is 18.4 Å². The molecule has 11 heteroatoms.